The van der Waals surface area contributed by atoms with Gasteiger partial charge in [-0.3, -0.25) is 0 Å². The number of aliphatic hydroxyl groups is 1. The Hall–Kier alpha value is -0.500. The summed E-state index contributed by atoms with van der Waals surface area (Å²) in [6.45, 7) is 3.40. The second kappa shape index (κ2) is 5.22. The van der Waals surface area contributed by atoms with Crippen molar-refractivity contribution in [2.45, 2.75) is 12.3 Å². The van der Waals surface area contributed by atoms with Crippen LogP contribution in [-0.2, 0) is 0 Å². The van der Waals surface area contributed by atoms with Crippen molar-refractivity contribution in [2.75, 3.05) is 6.61 Å². The third-order valence-corrected chi connectivity index (χ3v) is 2.84. The highest BCUT2D eigenvalue weighted by Gasteiger charge is 2.31. The molecule has 0 saturated heterocycles. The maximum atomic E-state index is 12.0. The maximum Gasteiger partial charge on any atom is 0.573 e. The smallest absolute Gasteiger partial charge is 0.406 e. The van der Waals surface area contributed by atoms with Gasteiger partial charge >= 0.3 is 6.36 Å². The first kappa shape index (κ1) is 13.6. The summed E-state index contributed by atoms with van der Waals surface area (Å²) in [7, 11) is 0. The molecular formula is C10H9F3IO2. The number of ether oxygens (including phenoxy) is 1. The Kier molecular flexibility index (Phi) is 4.43. The molecule has 1 radical (unpaired) electrons. The molecule has 0 bridgehead atoms. The third kappa shape index (κ3) is 3.82. The molecule has 0 heterocycles. The average Bonchev–Trinajstić information content (AvgIpc) is 2.18. The Morgan fingerprint density at radius 2 is 2.06 bits per heavy atom. The second-order valence-corrected chi connectivity index (χ2v) is 4.27. The van der Waals surface area contributed by atoms with Gasteiger partial charge in [0.2, 0.25) is 0 Å². The Morgan fingerprint density at radius 1 is 1.44 bits per heavy atom. The molecule has 0 aliphatic rings. The molecule has 0 amide bonds. The van der Waals surface area contributed by atoms with Crippen LogP contribution < -0.4 is 4.74 Å². The lowest BCUT2D eigenvalue weighted by atomic mass is 10.0. The van der Waals surface area contributed by atoms with E-state index in [2.05, 4.69) is 11.7 Å². The summed E-state index contributed by atoms with van der Waals surface area (Å²) in [5.41, 5.74) is 0.532. The van der Waals surface area contributed by atoms with Gasteiger partial charge in [0.05, 0.1) is 0 Å². The van der Waals surface area contributed by atoms with Crippen molar-refractivity contribution in [1.29, 1.82) is 0 Å². The summed E-state index contributed by atoms with van der Waals surface area (Å²) in [5, 5.41) is 8.91. The molecule has 1 aromatic carbocycles. The van der Waals surface area contributed by atoms with E-state index in [0.717, 1.165) is 3.57 Å². The highest BCUT2D eigenvalue weighted by molar-refractivity contribution is 14.1. The summed E-state index contributed by atoms with van der Waals surface area (Å²) in [5.74, 6) is -0.770. The van der Waals surface area contributed by atoms with Crippen LogP contribution in [0.25, 0.3) is 0 Å². The second-order valence-electron chi connectivity index (χ2n) is 3.11. The molecule has 1 N–H and O–H groups in total. The minimum Gasteiger partial charge on any atom is -0.406 e. The van der Waals surface area contributed by atoms with Crippen LogP contribution in [0, 0.1) is 10.5 Å². The van der Waals surface area contributed by atoms with E-state index in [1.54, 1.807) is 0 Å². The van der Waals surface area contributed by atoms with E-state index in [9.17, 15) is 13.2 Å². The van der Waals surface area contributed by atoms with Gasteiger partial charge in [-0.15, -0.1) is 13.2 Å². The van der Waals surface area contributed by atoms with E-state index in [0.29, 0.717) is 5.56 Å². The first-order valence-electron chi connectivity index (χ1n) is 4.32. The molecule has 0 fully saturated rings. The van der Waals surface area contributed by atoms with Crippen molar-refractivity contribution in [3.8, 4) is 5.75 Å². The summed E-state index contributed by atoms with van der Waals surface area (Å²) < 4.78 is 40.4. The molecule has 1 aromatic rings. The Labute approximate surface area is 105 Å². The van der Waals surface area contributed by atoms with Gasteiger partial charge in [-0.25, -0.2) is 0 Å². The van der Waals surface area contributed by atoms with E-state index in [1.165, 1.54) is 18.2 Å². The van der Waals surface area contributed by atoms with Crippen molar-refractivity contribution >= 4 is 22.6 Å². The number of hydrogen-bond donors (Lipinski definition) is 1. The first-order chi connectivity index (χ1) is 7.33. The SMILES string of the molecule is [CH2]C(CO)c1cc(OC(F)(F)F)ccc1I. The van der Waals surface area contributed by atoms with Crippen LogP contribution in [0.5, 0.6) is 5.75 Å². The molecule has 1 rings (SSSR count). The molecular weight excluding hydrogens is 336 g/mol. The van der Waals surface area contributed by atoms with E-state index < -0.39 is 12.3 Å². The van der Waals surface area contributed by atoms with Crippen LogP contribution in [0.15, 0.2) is 18.2 Å². The minimum absolute atomic E-state index is 0.231. The molecule has 0 aliphatic carbocycles. The summed E-state index contributed by atoms with van der Waals surface area (Å²) in [6.07, 6.45) is -4.71. The quantitative estimate of drug-likeness (QED) is 0.854. The molecule has 0 aromatic heterocycles. The van der Waals surface area contributed by atoms with Gasteiger partial charge in [0, 0.05) is 16.1 Å². The van der Waals surface area contributed by atoms with Crippen LogP contribution in [0.2, 0.25) is 0 Å². The van der Waals surface area contributed by atoms with E-state index in [4.69, 9.17) is 5.11 Å². The van der Waals surface area contributed by atoms with Crippen molar-refractivity contribution in [3.63, 3.8) is 0 Å². The van der Waals surface area contributed by atoms with E-state index in [-0.39, 0.29) is 12.4 Å². The zero-order chi connectivity index (χ0) is 12.3. The minimum atomic E-state index is -4.71. The highest BCUT2D eigenvalue weighted by Crippen LogP contribution is 2.29. The van der Waals surface area contributed by atoms with Crippen LogP contribution in [0.1, 0.15) is 11.5 Å². The lowest BCUT2D eigenvalue weighted by Crippen LogP contribution is -2.17. The molecule has 1 unspecified atom stereocenters. The molecule has 0 saturated carbocycles. The van der Waals surface area contributed by atoms with Gasteiger partial charge in [-0.1, -0.05) is 0 Å². The Bertz CT molecular complexity index is 366. The number of rotatable bonds is 3. The largest absolute Gasteiger partial charge is 0.573 e. The van der Waals surface area contributed by atoms with Crippen molar-refractivity contribution < 1.29 is 23.0 Å². The zero-order valence-corrected chi connectivity index (χ0v) is 10.2. The molecule has 2 nitrogen and oxygen atoms in total. The van der Waals surface area contributed by atoms with Crippen LogP contribution >= 0.6 is 22.6 Å². The number of benzene rings is 1. The van der Waals surface area contributed by atoms with E-state index in [1.807, 2.05) is 22.6 Å². The van der Waals surface area contributed by atoms with Crippen LogP contribution in [-0.4, -0.2) is 18.1 Å². The Balaban J connectivity index is 2.98. The fourth-order valence-electron chi connectivity index (χ4n) is 1.13. The predicted molar refractivity (Wildman–Crippen MR) is 61.0 cm³/mol. The van der Waals surface area contributed by atoms with Gasteiger partial charge in [0.1, 0.15) is 5.75 Å². The lowest BCUT2D eigenvalue weighted by molar-refractivity contribution is -0.274. The van der Waals surface area contributed by atoms with Gasteiger partial charge < -0.3 is 9.84 Å². The molecule has 16 heavy (non-hydrogen) atoms. The average molecular weight is 345 g/mol. The van der Waals surface area contributed by atoms with E-state index >= 15 is 0 Å². The molecule has 0 aliphatic heterocycles. The molecule has 6 heteroatoms. The first-order valence-corrected chi connectivity index (χ1v) is 5.40. The van der Waals surface area contributed by atoms with Gasteiger partial charge in [-0.05, 0) is 53.3 Å². The van der Waals surface area contributed by atoms with Gasteiger partial charge in [0.25, 0.3) is 0 Å². The molecule has 0 spiro atoms. The summed E-state index contributed by atoms with van der Waals surface area (Å²) >= 11 is 1.96. The standard InChI is InChI=1S/C10H9F3IO2/c1-6(5-15)8-4-7(2-3-9(8)14)16-10(11,12)13/h2-4,6,15H,1,5H2. The predicted octanol–water partition coefficient (Wildman–Crippen LogP) is 3.10. The maximum absolute atomic E-state index is 12.0. The molecule has 1 atom stereocenters. The number of hydrogen-bond acceptors (Lipinski definition) is 2. The summed E-state index contributed by atoms with van der Waals surface area (Å²) in [4.78, 5) is 0. The van der Waals surface area contributed by atoms with Crippen molar-refractivity contribution in [3.05, 3.63) is 34.3 Å². The van der Waals surface area contributed by atoms with Gasteiger partial charge in [-0.2, -0.15) is 0 Å². The van der Waals surface area contributed by atoms with Crippen molar-refractivity contribution in [2.24, 2.45) is 0 Å². The molecule has 89 valence electrons. The fraction of sp³-hybridized carbons (Fsp3) is 0.300. The summed E-state index contributed by atoms with van der Waals surface area (Å²) in [6, 6.07) is 3.96. The fourth-order valence-corrected chi connectivity index (χ4v) is 1.91. The van der Waals surface area contributed by atoms with Crippen molar-refractivity contribution in [1.82, 2.24) is 0 Å². The number of alkyl halides is 3. The van der Waals surface area contributed by atoms with Crippen LogP contribution in [0.3, 0.4) is 0 Å². The van der Waals surface area contributed by atoms with Gasteiger partial charge in [0.15, 0.2) is 0 Å². The lowest BCUT2D eigenvalue weighted by Gasteiger charge is -2.14. The normalized spacial score (nSPS) is 13.6. The Morgan fingerprint density at radius 3 is 2.56 bits per heavy atom. The third-order valence-electron chi connectivity index (χ3n) is 1.86. The zero-order valence-electron chi connectivity index (χ0n) is 8.09. The number of aliphatic hydroxyl groups excluding tert-OH is 1. The highest BCUT2D eigenvalue weighted by atomic mass is 127. The topological polar surface area (TPSA) is 29.5 Å². The monoisotopic (exact) mass is 345 g/mol. The number of halogens is 4. The van der Waals surface area contributed by atoms with Crippen LogP contribution in [0.4, 0.5) is 13.2 Å².